The third-order valence-corrected chi connectivity index (χ3v) is 7.84. The third-order valence-electron chi connectivity index (χ3n) is 7.84. The van der Waals surface area contributed by atoms with Gasteiger partial charge in [-0.05, 0) is 17.2 Å². The van der Waals surface area contributed by atoms with Gasteiger partial charge in [0.25, 0.3) is 5.91 Å². The monoisotopic (exact) mass is 581 g/mol. The Bertz CT molecular complexity index is 1450. The highest BCUT2D eigenvalue weighted by atomic mass is 19.4. The van der Waals surface area contributed by atoms with Crippen molar-refractivity contribution in [1.82, 2.24) is 24.9 Å². The molecule has 0 saturated carbocycles. The topological polar surface area (TPSA) is 93.3 Å². The predicted octanol–water partition coefficient (Wildman–Crippen LogP) is 3.49. The number of benzene rings is 2. The van der Waals surface area contributed by atoms with Crippen LogP contribution in [-0.2, 0) is 20.6 Å². The molecule has 5 rings (SSSR count). The van der Waals surface area contributed by atoms with E-state index >= 15 is 0 Å². The van der Waals surface area contributed by atoms with Gasteiger partial charge in [-0.1, -0.05) is 54.6 Å². The molecular formula is C30H30F3N5O4. The zero-order chi connectivity index (χ0) is 30.2. The van der Waals surface area contributed by atoms with E-state index in [4.69, 9.17) is 0 Å². The molecule has 42 heavy (non-hydrogen) atoms. The molecule has 1 fully saturated rings. The molecule has 0 bridgehead atoms. The highest BCUT2D eigenvalue weighted by Crippen LogP contribution is 2.43. The maximum atomic E-state index is 14.2. The van der Waals surface area contributed by atoms with E-state index in [9.17, 15) is 32.3 Å². The van der Waals surface area contributed by atoms with Crippen LogP contribution in [-0.4, -0.2) is 82.6 Å². The number of alkyl halides is 3. The van der Waals surface area contributed by atoms with E-state index in [0.717, 1.165) is 6.07 Å². The summed E-state index contributed by atoms with van der Waals surface area (Å²) in [6, 6.07) is 10.3. The molecule has 2 aromatic rings. The third kappa shape index (κ3) is 5.24. The molecule has 0 radical (unpaired) electrons. The first-order valence-electron chi connectivity index (χ1n) is 13.5. The Morgan fingerprint density at radius 3 is 2.24 bits per heavy atom. The summed E-state index contributed by atoms with van der Waals surface area (Å²) < 4.78 is 42.1. The van der Waals surface area contributed by atoms with E-state index in [1.165, 1.54) is 41.0 Å². The van der Waals surface area contributed by atoms with Crippen molar-refractivity contribution in [3.63, 3.8) is 0 Å². The van der Waals surface area contributed by atoms with Gasteiger partial charge >= 0.3 is 12.2 Å². The molecule has 5 amide bonds. The van der Waals surface area contributed by atoms with E-state index in [1.807, 2.05) is 0 Å². The van der Waals surface area contributed by atoms with Gasteiger partial charge in [0.2, 0.25) is 11.8 Å². The van der Waals surface area contributed by atoms with Crippen molar-refractivity contribution < 1.29 is 32.3 Å². The summed E-state index contributed by atoms with van der Waals surface area (Å²) in [5.41, 5.74) is -0.512. The van der Waals surface area contributed by atoms with Gasteiger partial charge in [-0.2, -0.15) is 13.2 Å². The van der Waals surface area contributed by atoms with Crippen molar-refractivity contribution in [2.24, 2.45) is 0 Å². The summed E-state index contributed by atoms with van der Waals surface area (Å²) >= 11 is 0. The minimum Gasteiger partial charge on any atom is -0.339 e. The Balaban J connectivity index is 1.56. The van der Waals surface area contributed by atoms with Gasteiger partial charge in [-0.25, -0.2) is 4.79 Å². The number of hydrogen-bond donors (Lipinski definition) is 1. The Labute approximate surface area is 240 Å². The molecule has 9 nitrogen and oxygen atoms in total. The van der Waals surface area contributed by atoms with Crippen LogP contribution in [0.1, 0.15) is 35.7 Å². The fourth-order valence-corrected chi connectivity index (χ4v) is 5.79. The highest BCUT2D eigenvalue weighted by Gasteiger charge is 2.49. The number of carbonyl (C=O) groups excluding carboxylic acids is 4. The lowest BCUT2D eigenvalue weighted by atomic mass is 9.91. The van der Waals surface area contributed by atoms with Crippen LogP contribution in [0.5, 0.6) is 0 Å². The van der Waals surface area contributed by atoms with Crippen molar-refractivity contribution in [2.45, 2.75) is 25.2 Å². The van der Waals surface area contributed by atoms with Gasteiger partial charge < -0.3 is 20.0 Å². The van der Waals surface area contributed by atoms with E-state index in [-0.39, 0.29) is 54.8 Å². The second kappa shape index (κ2) is 11.3. The molecule has 0 unspecified atom stereocenters. The van der Waals surface area contributed by atoms with Crippen molar-refractivity contribution in [1.29, 1.82) is 0 Å². The smallest absolute Gasteiger partial charge is 0.339 e. The van der Waals surface area contributed by atoms with Gasteiger partial charge in [0, 0.05) is 39.6 Å². The molecule has 1 N–H and O–H groups in total. The molecule has 3 aliphatic rings. The first-order chi connectivity index (χ1) is 20.0. The molecule has 2 aromatic carbocycles. The van der Waals surface area contributed by atoms with Crippen LogP contribution in [0.15, 0.2) is 78.5 Å². The quantitative estimate of drug-likeness (QED) is 0.529. The van der Waals surface area contributed by atoms with Gasteiger partial charge in [-0.15, -0.1) is 6.58 Å². The maximum Gasteiger partial charge on any atom is 0.416 e. The highest BCUT2D eigenvalue weighted by molar-refractivity contribution is 6.04. The summed E-state index contributed by atoms with van der Waals surface area (Å²) in [7, 11) is 0. The summed E-state index contributed by atoms with van der Waals surface area (Å²) in [6.07, 6.45) is -3.28. The molecule has 3 heterocycles. The van der Waals surface area contributed by atoms with Crippen LogP contribution in [0, 0.1) is 0 Å². The maximum absolute atomic E-state index is 14.2. The molecule has 0 aromatic heterocycles. The summed E-state index contributed by atoms with van der Waals surface area (Å²) in [5.74, 6) is -1.12. The van der Waals surface area contributed by atoms with Crippen molar-refractivity contribution >= 4 is 23.8 Å². The molecule has 1 saturated heterocycles. The van der Waals surface area contributed by atoms with Crippen LogP contribution in [0.4, 0.5) is 18.0 Å². The SMILES string of the molecule is C=CCN1C(=O)N[C@H](c2ccccc2C(F)(F)F)C2=C1CN([C@H](C(=O)N1CCN(C(C)=O)CC1)c1ccccc1)C2=O. The number of hydrogen-bond acceptors (Lipinski definition) is 4. The van der Waals surface area contributed by atoms with E-state index in [0.29, 0.717) is 18.7 Å². The van der Waals surface area contributed by atoms with Crippen LogP contribution < -0.4 is 5.32 Å². The van der Waals surface area contributed by atoms with Gasteiger partial charge in [0.15, 0.2) is 0 Å². The largest absolute Gasteiger partial charge is 0.416 e. The van der Waals surface area contributed by atoms with Gasteiger partial charge in [0.1, 0.15) is 6.04 Å². The predicted molar refractivity (Wildman–Crippen MR) is 146 cm³/mol. The van der Waals surface area contributed by atoms with E-state index in [1.54, 1.807) is 40.1 Å². The summed E-state index contributed by atoms with van der Waals surface area (Å²) in [4.78, 5) is 59.1. The Morgan fingerprint density at radius 2 is 1.62 bits per heavy atom. The summed E-state index contributed by atoms with van der Waals surface area (Å²) in [6.45, 7) is 6.19. The number of piperazine rings is 1. The lowest BCUT2D eigenvalue weighted by Gasteiger charge is -2.38. The lowest BCUT2D eigenvalue weighted by Crippen LogP contribution is -2.53. The molecule has 0 spiro atoms. The van der Waals surface area contributed by atoms with Crippen LogP contribution >= 0.6 is 0 Å². The van der Waals surface area contributed by atoms with Crippen LogP contribution in [0.2, 0.25) is 0 Å². The second-order valence-corrected chi connectivity index (χ2v) is 10.3. The number of nitrogens with one attached hydrogen (secondary N) is 1. The van der Waals surface area contributed by atoms with Crippen LogP contribution in [0.25, 0.3) is 0 Å². The standard InChI is InChI=1S/C30H30F3N5O4/c1-3-13-37-23-18-38(26(20-9-5-4-6-10-20)28(41)36-16-14-35(15-17-36)19(2)39)27(40)24(23)25(34-29(37)42)21-11-7-8-12-22(21)30(31,32)33/h3-12,25-26H,1,13-18H2,2H3,(H,34,42)/t25-,26+/m1/s1. The average Bonchev–Trinajstić information content (AvgIpc) is 3.31. The zero-order valence-electron chi connectivity index (χ0n) is 22.9. The minimum atomic E-state index is -4.73. The van der Waals surface area contributed by atoms with E-state index in [2.05, 4.69) is 11.9 Å². The Kier molecular flexibility index (Phi) is 7.81. The Morgan fingerprint density at radius 1 is 1.00 bits per heavy atom. The number of amides is 5. The van der Waals surface area contributed by atoms with Crippen molar-refractivity contribution in [3.05, 3.63) is 95.2 Å². The molecule has 0 aliphatic carbocycles. The Hall–Kier alpha value is -4.61. The number of nitrogens with zero attached hydrogens (tertiary/aromatic N) is 4. The summed E-state index contributed by atoms with van der Waals surface area (Å²) in [5, 5.41) is 2.59. The first-order valence-corrected chi connectivity index (χ1v) is 13.5. The molecule has 220 valence electrons. The number of halogens is 3. The van der Waals surface area contributed by atoms with Crippen molar-refractivity contribution in [2.75, 3.05) is 39.3 Å². The number of urea groups is 1. The normalized spacial score (nSPS) is 20.0. The minimum absolute atomic E-state index is 0.0103. The molecular weight excluding hydrogens is 551 g/mol. The second-order valence-electron chi connectivity index (χ2n) is 10.3. The fourth-order valence-electron chi connectivity index (χ4n) is 5.79. The number of rotatable bonds is 6. The molecule has 12 heteroatoms. The lowest BCUT2D eigenvalue weighted by molar-refractivity contribution is -0.146. The number of carbonyl (C=O) groups is 4. The fraction of sp³-hybridized carbons (Fsp3) is 0.333. The zero-order valence-corrected chi connectivity index (χ0v) is 22.9. The average molecular weight is 582 g/mol. The van der Waals surface area contributed by atoms with E-state index < -0.39 is 35.8 Å². The first kappa shape index (κ1) is 28.9. The van der Waals surface area contributed by atoms with Crippen molar-refractivity contribution in [3.8, 4) is 0 Å². The van der Waals surface area contributed by atoms with Gasteiger partial charge in [0.05, 0.1) is 29.4 Å². The van der Waals surface area contributed by atoms with Gasteiger partial charge in [-0.3, -0.25) is 19.3 Å². The molecule has 3 aliphatic heterocycles. The van der Waals surface area contributed by atoms with Crippen LogP contribution in [0.3, 0.4) is 0 Å². The molecule has 2 atom stereocenters.